The van der Waals surface area contributed by atoms with Crippen molar-refractivity contribution in [2.24, 2.45) is 0 Å². The van der Waals surface area contributed by atoms with Crippen molar-refractivity contribution in [3.05, 3.63) is 75.4 Å². The van der Waals surface area contributed by atoms with Gasteiger partial charge in [-0.25, -0.2) is 0 Å². The van der Waals surface area contributed by atoms with Crippen molar-refractivity contribution in [2.45, 2.75) is 16.7 Å². The van der Waals surface area contributed by atoms with Gasteiger partial charge in [0.05, 0.1) is 35.5 Å². The number of rotatable bonds is 12. The number of thioether (sulfide) groups is 1. The summed E-state index contributed by atoms with van der Waals surface area (Å²) < 4.78 is 40.7. The Bertz CT molecular complexity index is 1730. The predicted octanol–water partition coefficient (Wildman–Crippen LogP) is 6.23. The fraction of sp³-hybridized carbons (Fsp3) is 0.233. The maximum absolute atomic E-state index is 14.0. The van der Waals surface area contributed by atoms with Gasteiger partial charge in [-0.2, -0.15) is 0 Å². The van der Waals surface area contributed by atoms with Crippen LogP contribution in [-0.4, -0.2) is 45.7 Å². The molecular formula is C30H28N2O8S2. The van der Waals surface area contributed by atoms with Gasteiger partial charge in [0.1, 0.15) is 29.1 Å². The Labute approximate surface area is 250 Å². The number of ether oxygens (including phenoxy) is 6. The van der Waals surface area contributed by atoms with Crippen LogP contribution in [0.15, 0.2) is 68.1 Å². The van der Waals surface area contributed by atoms with Crippen molar-refractivity contribution in [2.75, 3.05) is 35.5 Å². The number of benzene rings is 3. The van der Waals surface area contributed by atoms with Gasteiger partial charge < -0.3 is 32.8 Å². The molecule has 0 saturated heterocycles. The van der Waals surface area contributed by atoms with E-state index in [1.807, 2.05) is 18.2 Å². The first-order valence-electron chi connectivity index (χ1n) is 12.6. The molecular weight excluding hydrogens is 580 g/mol. The second-order valence-electron chi connectivity index (χ2n) is 8.73. The number of hydrogen-bond donors (Lipinski definition) is 0. The highest BCUT2D eigenvalue weighted by atomic mass is 32.2. The smallest absolute Gasteiger partial charge is 0.239 e. The van der Waals surface area contributed by atoms with E-state index in [9.17, 15) is 4.79 Å². The minimum absolute atomic E-state index is 0.00424. The lowest BCUT2D eigenvalue weighted by atomic mass is 10.1. The lowest BCUT2D eigenvalue weighted by Crippen LogP contribution is -2.11. The molecule has 5 aromatic rings. The Balaban J connectivity index is 1.56. The molecule has 3 aromatic carbocycles. The molecule has 0 aliphatic carbocycles. The Morgan fingerprint density at radius 3 is 2.17 bits per heavy atom. The zero-order valence-corrected chi connectivity index (χ0v) is 25.2. The first kappa shape index (κ1) is 29.1. The van der Waals surface area contributed by atoms with E-state index in [-0.39, 0.29) is 34.8 Å². The summed E-state index contributed by atoms with van der Waals surface area (Å²) in [5.74, 6) is 2.79. The lowest BCUT2D eigenvalue weighted by Gasteiger charge is -2.16. The molecule has 5 rings (SSSR count). The number of nitrogens with zero attached hydrogens (tertiary/aromatic N) is 2. The lowest BCUT2D eigenvalue weighted by molar-refractivity contribution is 0.295. The van der Waals surface area contributed by atoms with Gasteiger partial charge in [0.2, 0.25) is 16.9 Å². The molecule has 12 heteroatoms. The zero-order valence-electron chi connectivity index (χ0n) is 23.6. The monoisotopic (exact) mass is 608 g/mol. The van der Waals surface area contributed by atoms with E-state index in [0.717, 1.165) is 10.1 Å². The quantitative estimate of drug-likeness (QED) is 0.150. The molecule has 0 spiro atoms. The Kier molecular flexibility index (Phi) is 9.03. The van der Waals surface area contributed by atoms with Crippen molar-refractivity contribution in [1.82, 2.24) is 10.2 Å². The van der Waals surface area contributed by atoms with E-state index in [1.165, 1.54) is 52.4 Å². The molecule has 2 heterocycles. The summed E-state index contributed by atoms with van der Waals surface area (Å²) in [4.78, 5) is 14.0. The van der Waals surface area contributed by atoms with Gasteiger partial charge in [0.25, 0.3) is 0 Å². The fourth-order valence-electron chi connectivity index (χ4n) is 4.26. The Morgan fingerprint density at radius 1 is 0.810 bits per heavy atom. The van der Waals surface area contributed by atoms with Crippen LogP contribution >= 0.6 is 23.1 Å². The molecule has 0 N–H and O–H groups in total. The topological polar surface area (TPSA) is 111 Å². The summed E-state index contributed by atoms with van der Waals surface area (Å²) in [5.41, 5.74) is 1.48. The number of aromatic nitrogens is 2. The van der Waals surface area contributed by atoms with Crippen LogP contribution in [0.5, 0.6) is 34.5 Å². The van der Waals surface area contributed by atoms with Crippen LogP contribution in [0, 0.1) is 0 Å². The molecule has 42 heavy (non-hydrogen) atoms. The van der Waals surface area contributed by atoms with Crippen molar-refractivity contribution < 1.29 is 32.8 Å². The Hall–Kier alpha value is -4.42. The number of hydrogen-bond acceptors (Lipinski definition) is 12. The normalized spacial score (nSPS) is 10.9. The van der Waals surface area contributed by atoms with Gasteiger partial charge in [0.15, 0.2) is 26.6 Å². The summed E-state index contributed by atoms with van der Waals surface area (Å²) in [6.07, 6.45) is 0. The van der Waals surface area contributed by atoms with Gasteiger partial charge in [-0.15, -0.1) is 10.2 Å². The van der Waals surface area contributed by atoms with Crippen LogP contribution in [0.2, 0.25) is 0 Å². The number of methoxy groups -OCH3 is 5. The first-order valence-corrected chi connectivity index (χ1v) is 14.4. The van der Waals surface area contributed by atoms with Crippen molar-refractivity contribution in [3.63, 3.8) is 0 Å². The van der Waals surface area contributed by atoms with Gasteiger partial charge in [-0.05, 0) is 17.7 Å². The third-order valence-corrected chi connectivity index (χ3v) is 8.37. The molecule has 0 radical (unpaired) electrons. The van der Waals surface area contributed by atoms with E-state index < -0.39 is 5.43 Å². The minimum atomic E-state index is -0.428. The average Bonchev–Trinajstić information content (AvgIpc) is 3.49. The standard InChI is InChI=1S/C30H28N2O8S2/c1-34-19-13-20(35-2)25-21(14-19)40-27(18-11-22(36-3)28(38-5)23(12-18)37-4)29(26(25)33)39-15-24-31-32-30(42-24)41-16-17-9-7-6-8-10-17/h6-14H,15-16H2,1-5H3. The zero-order chi connectivity index (χ0) is 29.6. The SMILES string of the molecule is COc1cc(OC)c2c(=O)c(OCc3nnc(SCc4ccccc4)s3)c(-c3cc(OC)c(OC)c(OC)c3)oc2c1. The largest absolute Gasteiger partial charge is 0.496 e. The van der Waals surface area contributed by atoms with Crippen LogP contribution in [0.3, 0.4) is 0 Å². The molecule has 0 atom stereocenters. The van der Waals surface area contributed by atoms with Gasteiger partial charge in [0, 0.05) is 23.4 Å². The highest BCUT2D eigenvalue weighted by molar-refractivity contribution is 8.00. The van der Waals surface area contributed by atoms with Gasteiger partial charge >= 0.3 is 0 Å². The summed E-state index contributed by atoms with van der Waals surface area (Å²) >= 11 is 2.98. The van der Waals surface area contributed by atoms with Crippen LogP contribution in [0.25, 0.3) is 22.3 Å². The predicted molar refractivity (Wildman–Crippen MR) is 161 cm³/mol. The van der Waals surface area contributed by atoms with Gasteiger partial charge in [-0.1, -0.05) is 53.4 Å². The maximum atomic E-state index is 14.0. The molecule has 0 amide bonds. The van der Waals surface area contributed by atoms with Crippen molar-refractivity contribution >= 4 is 34.1 Å². The van der Waals surface area contributed by atoms with Crippen LogP contribution in [0.1, 0.15) is 10.6 Å². The van der Waals surface area contributed by atoms with E-state index in [2.05, 4.69) is 22.3 Å². The van der Waals surface area contributed by atoms with Crippen molar-refractivity contribution in [1.29, 1.82) is 0 Å². The van der Waals surface area contributed by atoms with Crippen molar-refractivity contribution in [3.8, 4) is 45.8 Å². The average molecular weight is 609 g/mol. The van der Waals surface area contributed by atoms with E-state index in [1.54, 1.807) is 36.0 Å². The van der Waals surface area contributed by atoms with Crippen LogP contribution < -0.4 is 33.8 Å². The molecule has 218 valence electrons. The summed E-state index contributed by atoms with van der Waals surface area (Å²) in [5, 5.41) is 9.35. The van der Waals surface area contributed by atoms with Gasteiger partial charge in [-0.3, -0.25) is 4.79 Å². The fourth-order valence-corrected chi connectivity index (χ4v) is 6.03. The molecule has 0 fully saturated rings. The van der Waals surface area contributed by atoms with Crippen LogP contribution in [0.4, 0.5) is 0 Å². The summed E-state index contributed by atoms with van der Waals surface area (Å²) in [7, 11) is 7.51. The maximum Gasteiger partial charge on any atom is 0.239 e. The molecule has 0 aliphatic rings. The minimum Gasteiger partial charge on any atom is -0.496 e. The molecule has 0 saturated carbocycles. The highest BCUT2D eigenvalue weighted by Crippen LogP contribution is 2.44. The van der Waals surface area contributed by atoms with Crippen LogP contribution in [-0.2, 0) is 12.4 Å². The van der Waals surface area contributed by atoms with E-state index in [4.69, 9.17) is 32.8 Å². The molecule has 0 bridgehead atoms. The number of fused-ring (bicyclic) bond motifs is 1. The molecule has 0 aliphatic heterocycles. The first-order chi connectivity index (χ1) is 20.5. The van der Waals surface area contributed by atoms with E-state index in [0.29, 0.717) is 33.6 Å². The molecule has 0 unspecified atom stereocenters. The summed E-state index contributed by atoms with van der Waals surface area (Å²) in [6, 6.07) is 16.7. The third-order valence-electron chi connectivity index (χ3n) is 6.27. The Morgan fingerprint density at radius 2 is 1.52 bits per heavy atom. The summed E-state index contributed by atoms with van der Waals surface area (Å²) in [6.45, 7) is -0.00424. The second-order valence-corrected chi connectivity index (χ2v) is 11.0. The molecule has 2 aromatic heterocycles. The van der Waals surface area contributed by atoms with E-state index >= 15 is 0 Å². The molecule has 10 nitrogen and oxygen atoms in total. The second kappa shape index (κ2) is 13.0. The third kappa shape index (κ3) is 5.95. The highest BCUT2D eigenvalue weighted by Gasteiger charge is 2.24.